The zero-order valence-electron chi connectivity index (χ0n) is 12.9. The smallest absolute Gasteiger partial charge is 0.229 e. The van der Waals surface area contributed by atoms with Crippen molar-refractivity contribution in [1.29, 1.82) is 0 Å². The molecule has 1 saturated carbocycles. The topological polar surface area (TPSA) is 79.8 Å². The molecule has 9 heteroatoms. The minimum Gasteiger partial charge on any atom is -0.317 e. The molecule has 1 aliphatic carbocycles. The number of nitrogens with one attached hydrogen (secondary N) is 2. The Bertz CT molecular complexity index is 690. The van der Waals surface area contributed by atoms with Crippen LogP contribution in [0.25, 0.3) is 10.7 Å². The Morgan fingerprint density at radius 3 is 2.75 bits per heavy atom. The van der Waals surface area contributed by atoms with Gasteiger partial charge in [-0.05, 0) is 49.9 Å². The first kappa shape index (κ1) is 19.1. The SMILES string of the molecule is Cl.Cl.O=C(Nc1nnc(-c2ccccn2)s1)C1CC12CCNCC2. The lowest BCUT2D eigenvalue weighted by Gasteiger charge is -2.22. The quantitative estimate of drug-likeness (QED) is 0.845. The van der Waals surface area contributed by atoms with Crippen molar-refractivity contribution in [2.24, 2.45) is 11.3 Å². The van der Waals surface area contributed by atoms with Crippen LogP contribution >= 0.6 is 36.2 Å². The van der Waals surface area contributed by atoms with Crippen LogP contribution in [0, 0.1) is 11.3 Å². The third-order valence-electron chi connectivity index (χ3n) is 4.64. The van der Waals surface area contributed by atoms with Gasteiger partial charge >= 0.3 is 0 Å². The molecule has 1 unspecified atom stereocenters. The van der Waals surface area contributed by atoms with Crippen molar-refractivity contribution in [2.75, 3.05) is 18.4 Å². The highest BCUT2D eigenvalue weighted by molar-refractivity contribution is 7.18. The van der Waals surface area contributed by atoms with E-state index in [2.05, 4.69) is 25.8 Å². The van der Waals surface area contributed by atoms with E-state index in [1.807, 2.05) is 18.2 Å². The predicted octanol–water partition coefficient (Wildman–Crippen LogP) is 2.77. The molecule has 2 aromatic rings. The summed E-state index contributed by atoms with van der Waals surface area (Å²) in [6, 6.07) is 5.66. The van der Waals surface area contributed by atoms with E-state index in [1.54, 1.807) is 6.20 Å². The first-order valence-corrected chi connectivity index (χ1v) is 8.35. The standard InChI is InChI=1S/C15H17N5OS.2ClH/c21-12(10-9-15(10)4-7-16-8-5-15)18-14-20-19-13(22-14)11-3-1-2-6-17-11;;/h1-3,6,10,16H,4-5,7-9H2,(H,18,20,21);2*1H. The normalized spacial score (nSPS) is 20.6. The molecule has 2 fully saturated rings. The van der Waals surface area contributed by atoms with Crippen LogP contribution in [-0.4, -0.2) is 34.2 Å². The molecule has 2 aliphatic rings. The summed E-state index contributed by atoms with van der Waals surface area (Å²) < 4.78 is 0. The number of hydrogen-bond acceptors (Lipinski definition) is 6. The maximum Gasteiger partial charge on any atom is 0.229 e. The van der Waals surface area contributed by atoms with Crippen molar-refractivity contribution in [2.45, 2.75) is 19.3 Å². The summed E-state index contributed by atoms with van der Waals surface area (Å²) in [7, 11) is 0. The molecule has 4 rings (SSSR count). The van der Waals surface area contributed by atoms with E-state index in [0.29, 0.717) is 5.13 Å². The van der Waals surface area contributed by atoms with Crippen molar-refractivity contribution >= 4 is 47.2 Å². The maximum absolute atomic E-state index is 12.4. The monoisotopic (exact) mass is 387 g/mol. The van der Waals surface area contributed by atoms with Gasteiger partial charge in [0, 0.05) is 12.1 Å². The molecule has 3 heterocycles. The van der Waals surface area contributed by atoms with Crippen LogP contribution < -0.4 is 10.6 Å². The van der Waals surface area contributed by atoms with Crippen LogP contribution in [0.1, 0.15) is 19.3 Å². The Labute approximate surface area is 156 Å². The fraction of sp³-hybridized carbons (Fsp3) is 0.467. The second kappa shape index (κ2) is 7.74. The Morgan fingerprint density at radius 2 is 2.04 bits per heavy atom. The number of nitrogens with zero attached hydrogens (tertiary/aromatic N) is 3. The number of anilines is 1. The first-order chi connectivity index (χ1) is 10.8. The number of amides is 1. The highest BCUT2D eigenvalue weighted by Crippen LogP contribution is 2.58. The number of aromatic nitrogens is 3. The van der Waals surface area contributed by atoms with Crippen molar-refractivity contribution in [3.05, 3.63) is 24.4 Å². The molecular formula is C15H19Cl2N5OS. The minimum atomic E-state index is 0. The lowest BCUT2D eigenvalue weighted by atomic mass is 9.92. The summed E-state index contributed by atoms with van der Waals surface area (Å²) in [5.74, 6) is 0.224. The van der Waals surface area contributed by atoms with Gasteiger partial charge in [0.1, 0.15) is 5.69 Å². The Balaban J connectivity index is 0.00000104. The number of carbonyl (C=O) groups is 1. The molecule has 130 valence electrons. The molecule has 24 heavy (non-hydrogen) atoms. The maximum atomic E-state index is 12.4. The van der Waals surface area contributed by atoms with Crippen LogP contribution in [0.3, 0.4) is 0 Å². The van der Waals surface area contributed by atoms with E-state index < -0.39 is 0 Å². The van der Waals surface area contributed by atoms with E-state index >= 15 is 0 Å². The molecule has 1 spiro atoms. The van der Waals surface area contributed by atoms with E-state index in [9.17, 15) is 4.79 Å². The molecule has 1 amide bonds. The fourth-order valence-corrected chi connectivity index (χ4v) is 3.98. The van der Waals surface area contributed by atoms with Crippen LogP contribution in [0.5, 0.6) is 0 Å². The van der Waals surface area contributed by atoms with E-state index in [-0.39, 0.29) is 42.1 Å². The van der Waals surface area contributed by atoms with Gasteiger partial charge in [-0.25, -0.2) is 0 Å². The van der Waals surface area contributed by atoms with Gasteiger partial charge in [-0.1, -0.05) is 17.4 Å². The number of piperidine rings is 1. The second-order valence-corrected chi connectivity index (χ2v) is 6.96. The predicted molar refractivity (Wildman–Crippen MR) is 98.9 cm³/mol. The molecular weight excluding hydrogens is 369 g/mol. The Hall–Kier alpha value is -1.28. The lowest BCUT2D eigenvalue weighted by Crippen LogP contribution is -2.31. The third-order valence-corrected chi connectivity index (χ3v) is 5.51. The Kier molecular flexibility index (Phi) is 6.14. The average Bonchev–Trinajstić information content (AvgIpc) is 3.04. The molecule has 1 atom stereocenters. The van der Waals surface area contributed by atoms with Crippen LogP contribution in [-0.2, 0) is 4.79 Å². The number of hydrogen-bond donors (Lipinski definition) is 2. The summed E-state index contributed by atoms with van der Waals surface area (Å²) in [5.41, 5.74) is 1.02. The fourth-order valence-electron chi connectivity index (χ4n) is 3.25. The highest BCUT2D eigenvalue weighted by atomic mass is 35.5. The molecule has 0 radical (unpaired) electrons. The first-order valence-electron chi connectivity index (χ1n) is 7.53. The number of carbonyl (C=O) groups excluding carboxylic acids is 1. The molecule has 0 aromatic carbocycles. The van der Waals surface area contributed by atoms with E-state index in [0.717, 1.165) is 43.1 Å². The third kappa shape index (κ3) is 3.69. The molecule has 0 bridgehead atoms. The zero-order valence-corrected chi connectivity index (χ0v) is 15.3. The molecule has 2 aromatic heterocycles. The number of halogens is 2. The van der Waals surface area contributed by atoms with Gasteiger partial charge in [-0.15, -0.1) is 35.0 Å². The van der Waals surface area contributed by atoms with Gasteiger partial charge in [-0.3, -0.25) is 9.78 Å². The average molecular weight is 388 g/mol. The van der Waals surface area contributed by atoms with Crippen LogP contribution in [0.15, 0.2) is 24.4 Å². The number of rotatable bonds is 3. The zero-order chi connectivity index (χ0) is 15.0. The largest absolute Gasteiger partial charge is 0.317 e. The van der Waals surface area contributed by atoms with Gasteiger partial charge in [0.25, 0.3) is 0 Å². The summed E-state index contributed by atoms with van der Waals surface area (Å²) in [6.45, 7) is 2.04. The van der Waals surface area contributed by atoms with Gasteiger partial charge in [0.05, 0.1) is 0 Å². The molecule has 1 saturated heterocycles. The summed E-state index contributed by atoms with van der Waals surface area (Å²) in [4.78, 5) is 16.6. The minimum absolute atomic E-state index is 0. The molecule has 2 N–H and O–H groups in total. The van der Waals surface area contributed by atoms with Crippen LogP contribution in [0.4, 0.5) is 5.13 Å². The lowest BCUT2D eigenvalue weighted by molar-refractivity contribution is -0.118. The van der Waals surface area contributed by atoms with Gasteiger partial charge in [0.15, 0.2) is 5.01 Å². The van der Waals surface area contributed by atoms with Gasteiger partial charge < -0.3 is 10.6 Å². The summed E-state index contributed by atoms with van der Waals surface area (Å²) in [6.07, 6.45) is 4.92. The van der Waals surface area contributed by atoms with Crippen LogP contribution in [0.2, 0.25) is 0 Å². The van der Waals surface area contributed by atoms with Crippen molar-refractivity contribution in [3.8, 4) is 10.7 Å². The second-order valence-electron chi connectivity index (χ2n) is 5.99. The molecule has 1 aliphatic heterocycles. The molecule has 6 nitrogen and oxygen atoms in total. The summed E-state index contributed by atoms with van der Waals surface area (Å²) >= 11 is 1.37. The van der Waals surface area contributed by atoms with Crippen molar-refractivity contribution in [1.82, 2.24) is 20.5 Å². The van der Waals surface area contributed by atoms with E-state index in [4.69, 9.17) is 0 Å². The Morgan fingerprint density at radius 1 is 1.25 bits per heavy atom. The number of pyridine rings is 1. The van der Waals surface area contributed by atoms with Crippen molar-refractivity contribution < 1.29 is 4.79 Å². The van der Waals surface area contributed by atoms with Crippen molar-refractivity contribution in [3.63, 3.8) is 0 Å². The summed E-state index contributed by atoms with van der Waals surface area (Å²) in [5, 5.41) is 15.7. The highest BCUT2D eigenvalue weighted by Gasteiger charge is 2.57. The van der Waals surface area contributed by atoms with Gasteiger partial charge in [0.2, 0.25) is 11.0 Å². The van der Waals surface area contributed by atoms with Gasteiger partial charge in [-0.2, -0.15) is 0 Å². The van der Waals surface area contributed by atoms with E-state index in [1.165, 1.54) is 11.3 Å².